The Labute approximate surface area is 276 Å². The maximum Gasteiger partial charge on any atom is 0.450 e. The predicted octanol–water partition coefficient (Wildman–Crippen LogP) is 2.89. The Morgan fingerprint density at radius 1 is 0.980 bits per heavy atom. The van der Waals surface area contributed by atoms with Crippen molar-refractivity contribution in [1.29, 1.82) is 0 Å². The van der Waals surface area contributed by atoms with Gasteiger partial charge in [0.05, 0.1) is 10.9 Å². The number of carbonyl (C=O) groups is 2. The smallest absolute Gasteiger partial charge is 0.450 e. The highest BCUT2D eigenvalue weighted by Gasteiger charge is 2.46. The zero-order chi connectivity index (χ0) is 35.8. The maximum absolute atomic E-state index is 14.2. The number of esters is 1. The lowest BCUT2D eigenvalue weighted by Crippen LogP contribution is -2.60. The molecule has 1 amide bonds. The SMILES string of the molecule is C[C@@H](NC(=O)OC(C)(C)C)C(=O)OC[C@@H]1O[C@@H](Oc2ccc3c(=O)c(-c4ccc5c(c4)OCCO5)c(C(F)(F)F)oc3c2)[C@H](O)[C@@H](O)[C@@H]1O. The molecule has 2 aliphatic heterocycles. The minimum absolute atomic E-state index is 0.111. The molecule has 14 nitrogen and oxygen atoms in total. The van der Waals surface area contributed by atoms with Crippen molar-refractivity contribution in [1.82, 2.24) is 5.32 Å². The van der Waals surface area contributed by atoms with Gasteiger partial charge < -0.3 is 53.5 Å². The van der Waals surface area contributed by atoms with E-state index in [2.05, 4.69) is 5.32 Å². The third kappa shape index (κ3) is 8.01. The van der Waals surface area contributed by atoms with Crippen LogP contribution in [0.25, 0.3) is 22.1 Å². The third-order valence-electron chi connectivity index (χ3n) is 7.35. The van der Waals surface area contributed by atoms with E-state index < -0.39 is 89.5 Å². The summed E-state index contributed by atoms with van der Waals surface area (Å²) in [6, 6.07) is 6.07. The van der Waals surface area contributed by atoms with Crippen molar-refractivity contribution in [2.75, 3.05) is 19.8 Å². The second-order valence-corrected chi connectivity index (χ2v) is 12.3. The van der Waals surface area contributed by atoms with E-state index in [1.165, 1.54) is 31.2 Å². The highest BCUT2D eigenvalue weighted by molar-refractivity contribution is 5.84. The minimum Gasteiger partial charge on any atom is -0.486 e. The second-order valence-electron chi connectivity index (χ2n) is 12.3. The summed E-state index contributed by atoms with van der Waals surface area (Å²) in [7, 11) is 0. The van der Waals surface area contributed by atoms with Gasteiger partial charge in [-0.3, -0.25) is 4.79 Å². The number of nitrogens with one attached hydrogen (secondary N) is 1. The predicted molar refractivity (Wildman–Crippen MR) is 161 cm³/mol. The van der Waals surface area contributed by atoms with Gasteiger partial charge in [-0.1, -0.05) is 6.07 Å². The molecule has 3 aromatic rings. The van der Waals surface area contributed by atoms with Crippen molar-refractivity contribution in [3.8, 4) is 28.4 Å². The number of ether oxygens (including phenoxy) is 6. The zero-order valence-electron chi connectivity index (χ0n) is 26.6. The molecule has 1 aromatic heterocycles. The number of amides is 1. The molecule has 266 valence electrons. The summed E-state index contributed by atoms with van der Waals surface area (Å²) in [5, 5.41) is 33.5. The van der Waals surface area contributed by atoms with Crippen LogP contribution in [0.3, 0.4) is 0 Å². The van der Waals surface area contributed by atoms with Crippen LogP contribution < -0.4 is 25.0 Å². The molecule has 0 unspecified atom stereocenters. The van der Waals surface area contributed by atoms with Crippen LogP contribution in [0.15, 0.2) is 45.6 Å². The Balaban J connectivity index is 1.35. The monoisotopic (exact) mass is 697 g/mol. The first kappa shape index (κ1) is 35.7. The average molecular weight is 698 g/mol. The molecule has 3 heterocycles. The van der Waals surface area contributed by atoms with E-state index in [1.807, 2.05) is 0 Å². The molecular weight excluding hydrogens is 663 g/mol. The van der Waals surface area contributed by atoms with Crippen molar-refractivity contribution in [3.05, 3.63) is 52.4 Å². The first-order valence-electron chi connectivity index (χ1n) is 15.0. The van der Waals surface area contributed by atoms with E-state index in [0.717, 1.165) is 12.1 Å². The number of rotatable bonds is 7. The van der Waals surface area contributed by atoms with Crippen molar-refractivity contribution in [2.45, 2.75) is 76.2 Å². The largest absolute Gasteiger partial charge is 0.486 e. The molecule has 6 atom stereocenters. The van der Waals surface area contributed by atoms with Crippen LogP contribution in [0.4, 0.5) is 18.0 Å². The molecule has 1 fully saturated rings. The molecule has 0 radical (unpaired) electrons. The van der Waals surface area contributed by atoms with Gasteiger partial charge in [0.2, 0.25) is 17.5 Å². The quantitative estimate of drug-likeness (QED) is 0.264. The van der Waals surface area contributed by atoms with Gasteiger partial charge in [0.15, 0.2) is 11.5 Å². The molecule has 2 aromatic carbocycles. The normalized spacial score (nSPS) is 23.0. The number of aliphatic hydroxyl groups is 3. The van der Waals surface area contributed by atoms with Crippen LogP contribution in [-0.2, 0) is 25.2 Å². The van der Waals surface area contributed by atoms with E-state index in [4.69, 9.17) is 32.8 Å². The lowest BCUT2D eigenvalue weighted by molar-refractivity contribution is -0.278. The Kier molecular flexibility index (Phi) is 10.0. The topological polar surface area (TPSA) is 192 Å². The maximum atomic E-state index is 14.2. The second kappa shape index (κ2) is 13.7. The van der Waals surface area contributed by atoms with Gasteiger partial charge in [0.25, 0.3) is 0 Å². The van der Waals surface area contributed by atoms with Gasteiger partial charge in [0.1, 0.15) is 67.2 Å². The lowest BCUT2D eigenvalue weighted by Gasteiger charge is -2.40. The fourth-order valence-electron chi connectivity index (χ4n) is 5.03. The number of aliphatic hydroxyl groups excluding tert-OH is 3. The van der Waals surface area contributed by atoms with E-state index in [0.29, 0.717) is 5.75 Å². The molecule has 0 spiro atoms. The van der Waals surface area contributed by atoms with Gasteiger partial charge in [-0.15, -0.1) is 0 Å². The Morgan fingerprint density at radius 3 is 2.35 bits per heavy atom. The van der Waals surface area contributed by atoms with Crippen molar-refractivity contribution < 1.29 is 70.9 Å². The van der Waals surface area contributed by atoms with Crippen LogP contribution in [0.5, 0.6) is 17.2 Å². The van der Waals surface area contributed by atoms with Gasteiger partial charge in [0, 0.05) is 6.07 Å². The van der Waals surface area contributed by atoms with Crippen LogP contribution in [0.2, 0.25) is 0 Å². The molecule has 17 heteroatoms. The number of carbonyl (C=O) groups excluding carboxylic acids is 2. The fourth-order valence-corrected chi connectivity index (χ4v) is 5.03. The summed E-state index contributed by atoms with van der Waals surface area (Å²) < 4.78 is 80.2. The fraction of sp³-hybridized carbons (Fsp3) is 0.469. The number of halogens is 3. The van der Waals surface area contributed by atoms with E-state index in [9.17, 15) is 42.9 Å². The number of alkyl halides is 3. The number of hydrogen-bond donors (Lipinski definition) is 4. The first-order chi connectivity index (χ1) is 22.9. The molecular formula is C32H34F3NO13. The molecule has 0 bridgehead atoms. The summed E-state index contributed by atoms with van der Waals surface area (Å²) in [6.07, 6.45) is -14.7. The summed E-state index contributed by atoms with van der Waals surface area (Å²) >= 11 is 0. The summed E-state index contributed by atoms with van der Waals surface area (Å²) in [5.41, 5.74) is -3.20. The van der Waals surface area contributed by atoms with Gasteiger partial charge in [-0.2, -0.15) is 13.2 Å². The highest BCUT2D eigenvalue weighted by Crippen LogP contribution is 2.41. The number of fused-ring (bicyclic) bond motifs is 2. The number of hydrogen-bond acceptors (Lipinski definition) is 13. The molecule has 2 aliphatic rings. The third-order valence-corrected chi connectivity index (χ3v) is 7.35. The number of alkyl carbamates (subject to hydrolysis) is 1. The standard InChI is InChI=1S/C32H34F3NO13/c1-14(36-30(42)49-31(2,3)4)28(41)45-13-21-24(38)25(39)26(40)29(48-21)46-16-6-7-17-19(12-16)47-27(32(33,34)35)22(23(17)37)15-5-8-18-20(11-15)44-10-9-43-18/h5-8,11-12,14,21,24-26,29,38-40H,9-10,13H2,1-4H3,(H,36,42)/t14-,21+,24-,25+,26-,29-/m1/s1. The van der Waals surface area contributed by atoms with Crippen molar-refractivity contribution in [2.24, 2.45) is 0 Å². The summed E-state index contributed by atoms with van der Waals surface area (Å²) in [5.74, 6) is -2.29. The Morgan fingerprint density at radius 2 is 1.67 bits per heavy atom. The Bertz CT molecular complexity index is 1770. The molecule has 4 N–H and O–H groups in total. The average Bonchev–Trinajstić information content (AvgIpc) is 3.02. The molecule has 5 rings (SSSR count). The molecule has 0 aliphatic carbocycles. The molecule has 0 saturated carbocycles. The van der Waals surface area contributed by atoms with Crippen LogP contribution in [0.1, 0.15) is 33.5 Å². The minimum atomic E-state index is -5.10. The lowest BCUT2D eigenvalue weighted by atomic mass is 9.99. The van der Waals surface area contributed by atoms with E-state index in [1.54, 1.807) is 20.8 Å². The van der Waals surface area contributed by atoms with Crippen LogP contribution in [-0.4, -0.2) is 89.6 Å². The first-order valence-corrected chi connectivity index (χ1v) is 15.0. The Hall–Kier alpha value is -4.58. The van der Waals surface area contributed by atoms with E-state index in [-0.39, 0.29) is 35.7 Å². The van der Waals surface area contributed by atoms with Gasteiger partial charge in [-0.05, 0) is 57.5 Å². The number of benzene rings is 2. The van der Waals surface area contributed by atoms with Crippen LogP contribution in [0, 0.1) is 0 Å². The van der Waals surface area contributed by atoms with Crippen LogP contribution >= 0.6 is 0 Å². The van der Waals surface area contributed by atoms with Crippen molar-refractivity contribution in [3.63, 3.8) is 0 Å². The summed E-state index contributed by atoms with van der Waals surface area (Å²) in [4.78, 5) is 37.9. The molecule has 49 heavy (non-hydrogen) atoms. The molecule has 1 saturated heterocycles. The van der Waals surface area contributed by atoms with Crippen molar-refractivity contribution >= 4 is 23.0 Å². The van der Waals surface area contributed by atoms with E-state index >= 15 is 0 Å². The summed E-state index contributed by atoms with van der Waals surface area (Å²) in [6.45, 7) is 5.97. The zero-order valence-corrected chi connectivity index (χ0v) is 26.6. The highest BCUT2D eigenvalue weighted by atomic mass is 19.4. The van der Waals surface area contributed by atoms with Gasteiger partial charge in [-0.25, -0.2) is 9.59 Å². The van der Waals surface area contributed by atoms with Gasteiger partial charge >= 0.3 is 18.2 Å².